The van der Waals surface area contributed by atoms with Crippen LogP contribution < -0.4 is 0 Å². The Morgan fingerprint density at radius 2 is 0.833 bits per heavy atom. The summed E-state index contributed by atoms with van der Waals surface area (Å²) >= 11 is 0. The molecule has 30 heavy (non-hydrogen) atoms. The van der Waals surface area contributed by atoms with E-state index in [0.717, 1.165) is 24.3 Å². The summed E-state index contributed by atoms with van der Waals surface area (Å²) in [7, 11) is 0. The van der Waals surface area contributed by atoms with Crippen LogP contribution >= 0.6 is 0 Å². The molecule has 0 bridgehead atoms. The molecule has 0 rings (SSSR count). The second-order valence-corrected chi connectivity index (χ2v) is 6.08. The van der Waals surface area contributed by atoms with Gasteiger partial charge in [0.1, 0.15) is 39.5 Å². The van der Waals surface area contributed by atoms with Crippen LogP contribution in [-0.4, -0.2) is 81.0 Å². The largest absolute Gasteiger partial charge is 0.462 e. The standard InChI is InChI=1S/C21H30NO8/c1-5-18(23)27-14-9-10-22(11-15-28-19(24)6-2,12-16-29-20(25)7-3)13-17-30-21(26)8-4/h5-8H,1-4,9-17H2/q+1. The molecule has 0 saturated heterocycles. The van der Waals surface area contributed by atoms with E-state index in [1.807, 2.05) is 0 Å². The van der Waals surface area contributed by atoms with E-state index in [4.69, 9.17) is 18.9 Å². The fourth-order valence-electron chi connectivity index (χ4n) is 2.50. The molecule has 9 nitrogen and oxygen atoms in total. The fourth-order valence-corrected chi connectivity index (χ4v) is 2.50. The number of esters is 4. The molecule has 0 saturated carbocycles. The van der Waals surface area contributed by atoms with Crippen LogP contribution in [0.2, 0.25) is 0 Å². The van der Waals surface area contributed by atoms with Gasteiger partial charge in [-0.3, -0.25) is 0 Å². The third-order valence-corrected chi connectivity index (χ3v) is 4.12. The molecule has 0 heterocycles. The molecular formula is C21H30NO8+. The van der Waals surface area contributed by atoms with E-state index in [9.17, 15) is 19.2 Å². The fraction of sp³-hybridized carbons (Fsp3) is 0.429. The Morgan fingerprint density at radius 3 is 1.13 bits per heavy atom. The summed E-state index contributed by atoms with van der Waals surface area (Å²) in [5.41, 5.74) is 0. The summed E-state index contributed by atoms with van der Waals surface area (Å²) < 4.78 is 20.5. The lowest BCUT2D eigenvalue weighted by molar-refractivity contribution is -0.928. The van der Waals surface area contributed by atoms with Crippen molar-refractivity contribution < 1.29 is 42.6 Å². The van der Waals surface area contributed by atoms with E-state index in [1.165, 1.54) is 0 Å². The van der Waals surface area contributed by atoms with Gasteiger partial charge in [0.25, 0.3) is 0 Å². The number of nitrogens with zero attached hydrogens (tertiary/aromatic N) is 1. The van der Waals surface area contributed by atoms with Crippen molar-refractivity contribution in [2.24, 2.45) is 0 Å². The van der Waals surface area contributed by atoms with Crippen molar-refractivity contribution >= 4 is 23.9 Å². The molecule has 0 radical (unpaired) electrons. The van der Waals surface area contributed by atoms with Crippen molar-refractivity contribution in [1.82, 2.24) is 0 Å². The van der Waals surface area contributed by atoms with Crippen LogP contribution in [0, 0.1) is 0 Å². The number of carbonyl (C=O) groups excluding carboxylic acids is 4. The number of ether oxygens (including phenoxy) is 4. The molecule has 0 aliphatic heterocycles. The number of carbonyl (C=O) groups is 4. The molecule has 0 fully saturated rings. The monoisotopic (exact) mass is 424 g/mol. The zero-order valence-electron chi connectivity index (χ0n) is 17.2. The first-order valence-electron chi connectivity index (χ1n) is 9.34. The van der Waals surface area contributed by atoms with E-state index in [1.54, 1.807) is 0 Å². The molecule has 0 atom stereocenters. The molecule has 0 spiro atoms. The van der Waals surface area contributed by atoms with Crippen molar-refractivity contribution in [1.29, 1.82) is 0 Å². The van der Waals surface area contributed by atoms with E-state index < -0.39 is 23.9 Å². The minimum absolute atomic E-state index is 0.0715. The summed E-state index contributed by atoms with van der Waals surface area (Å²) in [5, 5.41) is 0. The van der Waals surface area contributed by atoms with Gasteiger partial charge in [0.2, 0.25) is 0 Å². The van der Waals surface area contributed by atoms with Crippen LogP contribution in [0.15, 0.2) is 50.6 Å². The van der Waals surface area contributed by atoms with Crippen LogP contribution in [0.5, 0.6) is 0 Å². The highest BCUT2D eigenvalue weighted by molar-refractivity contribution is 5.82. The first-order chi connectivity index (χ1) is 14.3. The molecule has 0 unspecified atom stereocenters. The summed E-state index contributed by atoms with van der Waals surface area (Å²) in [6, 6.07) is 0. The molecule has 0 aliphatic rings. The molecule has 0 aliphatic carbocycles. The number of rotatable bonds is 17. The summed E-state index contributed by atoms with van der Waals surface area (Å²) in [5.74, 6) is -2.23. The molecule has 0 amide bonds. The summed E-state index contributed by atoms with van der Waals surface area (Å²) in [6.07, 6.45) is 4.71. The van der Waals surface area contributed by atoms with Gasteiger partial charge >= 0.3 is 23.9 Å². The van der Waals surface area contributed by atoms with Crippen molar-refractivity contribution in [3.8, 4) is 0 Å². The zero-order chi connectivity index (χ0) is 22.8. The summed E-state index contributed by atoms with van der Waals surface area (Å²) in [4.78, 5) is 45.4. The van der Waals surface area contributed by atoms with E-state index in [0.29, 0.717) is 32.6 Å². The highest BCUT2D eigenvalue weighted by atomic mass is 16.5. The Balaban J connectivity index is 5.19. The molecule has 0 N–H and O–H groups in total. The lowest BCUT2D eigenvalue weighted by Crippen LogP contribution is -2.55. The molecule has 0 aromatic rings. The highest BCUT2D eigenvalue weighted by Gasteiger charge is 2.28. The Hall–Kier alpha value is -3.20. The Labute approximate surface area is 176 Å². The van der Waals surface area contributed by atoms with Crippen LogP contribution in [0.25, 0.3) is 0 Å². The van der Waals surface area contributed by atoms with Crippen molar-refractivity contribution in [2.75, 3.05) is 52.6 Å². The average molecular weight is 424 g/mol. The lowest BCUT2D eigenvalue weighted by atomic mass is 10.2. The van der Waals surface area contributed by atoms with Gasteiger partial charge in [0, 0.05) is 30.7 Å². The van der Waals surface area contributed by atoms with Gasteiger partial charge in [-0.15, -0.1) is 0 Å². The Kier molecular flexibility index (Phi) is 14.0. The molecule has 9 heteroatoms. The quantitative estimate of drug-likeness (QED) is 0.112. The third kappa shape index (κ3) is 12.3. The van der Waals surface area contributed by atoms with Gasteiger partial charge in [-0.05, 0) is 0 Å². The van der Waals surface area contributed by atoms with Crippen molar-refractivity contribution in [3.05, 3.63) is 50.6 Å². The molecular weight excluding hydrogens is 394 g/mol. The van der Waals surface area contributed by atoms with Crippen LogP contribution in [0.3, 0.4) is 0 Å². The maximum atomic E-state index is 11.4. The maximum Gasteiger partial charge on any atom is 0.330 e. The Bertz CT molecular complexity index is 576. The van der Waals surface area contributed by atoms with E-state index in [2.05, 4.69) is 26.3 Å². The third-order valence-electron chi connectivity index (χ3n) is 4.12. The van der Waals surface area contributed by atoms with Crippen LogP contribution in [0.1, 0.15) is 6.42 Å². The average Bonchev–Trinajstić information content (AvgIpc) is 2.75. The molecule has 0 aromatic heterocycles. The molecule has 0 aromatic carbocycles. The SMILES string of the molecule is C=CC(=O)OCCC[N+](CCOC(=O)C=C)(CCOC(=O)C=C)CCOC(=O)C=C. The predicted molar refractivity (Wildman–Crippen MR) is 109 cm³/mol. The summed E-state index contributed by atoms with van der Waals surface area (Å²) in [6.45, 7) is 15.3. The van der Waals surface area contributed by atoms with Crippen molar-refractivity contribution in [2.45, 2.75) is 6.42 Å². The van der Waals surface area contributed by atoms with Gasteiger partial charge in [-0.25, -0.2) is 19.2 Å². The number of quaternary nitrogens is 1. The topological polar surface area (TPSA) is 105 Å². The number of hydrogen-bond donors (Lipinski definition) is 0. The minimum atomic E-state index is -0.566. The first-order valence-corrected chi connectivity index (χ1v) is 9.34. The van der Waals surface area contributed by atoms with E-state index >= 15 is 0 Å². The van der Waals surface area contributed by atoms with Gasteiger partial charge in [-0.1, -0.05) is 26.3 Å². The zero-order valence-corrected chi connectivity index (χ0v) is 17.2. The normalized spacial score (nSPS) is 10.3. The predicted octanol–water partition coefficient (Wildman–Crippen LogP) is 1.11. The smallest absolute Gasteiger partial charge is 0.330 e. The number of hydrogen-bond acceptors (Lipinski definition) is 8. The van der Waals surface area contributed by atoms with Crippen molar-refractivity contribution in [3.63, 3.8) is 0 Å². The second-order valence-electron chi connectivity index (χ2n) is 6.08. The molecule has 166 valence electrons. The first kappa shape index (κ1) is 26.8. The van der Waals surface area contributed by atoms with Gasteiger partial charge in [0.15, 0.2) is 0 Å². The minimum Gasteiger partial charge on any atom is -0.462 e. The maximum absolute atomic E-state index is 11.4. The van der Waals surface area contributed by atoms with Crippen LogP contribution in [0.4, 0.5) is 0 Å². The van der Waals surface area contributed by atoms with Crippen LogP contribution in [-0.2, 0) is 38.1 Å². The van der Waals surface area contributed by atoms with Gasteiger partial charge < -0.3 is 23.4 Å². The lowest BCUT2D eigenvalue weighted by Gasteiger charge is -2.38. The van der Waals surface area contributed by atoms with Gasteiger partial charge in [-0.2, -0.15) is 0 Å². The Morgan fingerprint density at radius 1 is 0.533 bits per heavy atom. The van der Waals surface area contributed by atoms with E-state index in [-0.39, 0.29) is 30.9 Å². The second kappa shape index (κ2) is 15.7. The highest BCUT2D eigenvalue weighted by Crippen LogP contribution is 2.10. The van der Waals surface area contributed by atoms with Gasteiger partial charge in [0.05, 0.1) is 13.2 Å².